The molecule has 22 heavy (non-hydrogen) atoms. The smallest absolute Gasteiger partial charge is 0.238 e. The average Bonchev–Trinajstić information content (AvgIpc) is 2.94. The predicted molar refractivity (Wildman–Crippen MR) is 76.9 cm³/mol. The number of hydrogen-bond acceptors (Lipinski definition) is 4. The minimum atomic E-state index is -0.568. The Bertz CT molecular complexity index is 832. The van der Waals surface area contributed by atoms with Crippen molar-refractivity contribution in [1.29, 1.82) is 0 Å². The van der Waals surface area contributed by atoms with Crippen molar-refractivity contribution in [3.05, 3.63) is 60.1 Å². The molecule has 0 aliphatic rings. The fourth-order valence-corrected chi connectivity index (χ4v) is 1.82. The van der Waals surface area contributed by atoms with Crippen LogP contribution in [0, 0.1) is 18.6 Å². The second kappa shape index (κ2) is 5.44. The van der Waals surface area contributed by atoms with Gasteiger partial charge >= 0.3 is 0 Å². The van der Waals surface area contributed by atoms with Gasteiger partial charge in [0.15, 0.2) is 0 Å². The van der Waals surface area contributed by atoms with Crippen LogP contribution in [0.1, 0.15) is 5.69 Å². The minimum Gasteiger partial charge on any atom is -0.437 e. The lowest BCUT2D eigenvalue weighted by molar-refractivity contribution is 0.453. The summed E-state index contributed by atoms with van der Waals surface area (Å²) in [6.45, 7) is 1.58. The van der Waals surface area contributed by atoms with E-state index < -0.39 is 11.6 Å². The molecule has 0 amide bonds. The average molecular weight is 302 g/mol. The van der Waals surface area contributed by atoms with E-state index in [1.807, 2.05) is 0 Å². The van der Waals surface area contributed by atoms with Crippen LogP contribution < -0.4 is 10.5 Å². The van der Waals surface area contributed by atoms with E-state index in [-0.39, 0.29) is 17.3 Å². The molecule has 2 heterocycles. The van der Waals surface area contributed by atoms with Crippen molar-refractivity contribution < 1.29 is 13.5 Å². The Labute approximate surface area is 125 Å². The maximum atomic E-state index is 13.5. The molecular formula is C15H12F2N4O. The van der Waals surface area contributed by atoms with Crippen molar-refractivity contribution in [2.75, 3.05) is 5.73 Å². The van der Waals surface area contributed by atoms with Gasteiger partial charge < -0.3 is 10.5 Å². The lowest BCUT2D eigenvalue weighted by Gasteiger charge is -2.04. The van der Waals surface area contributed by atoms with E-state index in [1.165, 1.54) is 35.1 Å². The van der Waals surface area contributed by atoms with Gasteiger partial charge in [0.25, 0.3) is 0 Å². The first-order valence-electron chi connectivity index (χ1n) is 6.44. The molecule has 112 valence electrons. The van der Waals surface area contributed by atoms with Crippen molar-refractivity contribution >= 4 is 5.69 Å². The summed E-state index contributed by atoms with van der Waals surface area (Å²) < 4.78 is 33.7. The largest absolute Gasteiger partial charge is 0.437 e. The van der Waals surface area contributed by atoms with Crippen LogP contribution in [0.2, 0.25) is 0 Å². The third-order valence-corrected chi connectivity index (χ3v) is 3.03. The Hall–Kier alpha value is -2.96. The number of nitrogen functional groups attached to an aromatic ring is 1. The third-order valence-electron chi connectivity index (χ3n) is 3.03. The molecule has 5 nitrogen and oxygen atoms in total. The van der Waals surface area contributed by atoms with Gasteiger partial charge in [0.2, 0.25) is 5.88 Å². The summed E-state index contributed by atoms with van der Waals surface area (Å²) in [5, 5.41) is 4.13. The minimum absolute atomic E-state index is 0.0408. The van der Waals surface area contributed by atoms with Gasteiger partial charge in [0.05, 0.1) is 23.3 Å². The first kappa shape index (κ1) is 14.0. The van der Waals surface area contributed by atoms with Crippen LogP contribution >= 0.6 is 0 Å². The Morgan fingerprint density at radius 3 is 2.68 bits per heavy atom. The molecule has 1 aromatic carbocycles. The van der Waals surface area contributed by atoms with Gasteiger partial charge in [0, 0.05) is 24.4 Å². The van der Waals surface area contributed by atoms with Gasteiger partial charge in [-0.1, -0.05) is 0 Å². The zero-order valence-electron chi connectivity index (χ0n) is 11.6. The van der Waals surface area contributed by atoms with Crippen LogP contribution in [0.5, 0.6) is 11.6 Å². The Morgan fingerprint density at radius 1 is 1.14 bits per heavy atom. The molecule has 0 saturated heterocycles. The molecule has 0 aliphatic carbocycles. The molecule has 0 bridgehead atoms. The van der Waals surface area contributed by atoms with Crippen molar-refractivity contribution in [3.8, 4) is 17.3 Å². The highest BCUT2D eigenvalue weighted by atomic mass is 19.1. The topological polar surface area (TPSA) is 66.0 Å². The second-order valence-electron chi connectivity index (χ2n) is 4.64. The molecule has 3 aromatic rings. The number of ether oxygens (including phenoxy) is 1. The van der Waals surface area contributed by atoms with Crippen molar-refractivity contribution in [2.24, 2.45) is 0 Å². The van der Waals surface area contributed by atoms with E-state index in [0.717, 1.165) is 0 Å². The highest BCUT2D eigenvalue weighted by molar-refractivity contribution is 5.44. The zero-order valence-corrected chi connectivity index (χ0v) is 11.6. The van der Waals surface area contributed by atoms with E-state index >= 15 is 0 Å². The number of aromatic nitrogens is 3. The first-order chi connectivity index (χ1) is 10.5. The number of nitrogens with zero attached hydrogens (tertiary/aromatic N) is 3. The Balaban J connectivity index is 1.84. The van der Waals surface area contributed by atoms with Crippen molar-refractivity contribution in [1.82, 2.24) is 14.8 Å². The van der Waals surface area contributed by atoms with E-state index in [0.29, 0.717) is 11.4 Å². The molecule has 0 saturated carbocycles. The van der Waals surface area contributed by atoms with Gasteiger partial charge in [-0.25, -0.2) is 13.5 Å². The van der Waals surface area contributed by atoms with Gasteiger partial charge in [-0.2, -0.15) is 0 Å². The van der Waals surface area contributed by atoms with Gasteiger partial charge in [-0.05, 0) is 19.1 Å². The highest BCUT2D eigenvalue weighted by Gasteiger charge is 2.08. The summed E-state index contributed by atoms with van der Waals surface area (Å²) >= 11 is 0. The van der Waals surface area contributed by atoms with Crippen LogP contribution in [0.15, 0.2) is 42.7 Å². The number of anilines is 1. The number of aryl methyl sites for hydroxylation is 1. The molecule has 7 heteroatoms. The highest BCUT2D eigenvalue weighted by Crippen LogP contribution is 2.23. The van der Waals surface area contributed by atoms with Crippen LogP contribution in [-0.4, -0.2) is 14.8 Å². The first-order valence-corrected chi connectivity index (χ1v) is 6.44. The Morgan fingerprint density at radius 2 is 1.95 bits per heavy atom. The third kappa shape index (κ3) is 2.73. The van der Waals surface area contributed by atoms with Crippen LogP contribution in [0.4, 0.5) is 14.5 Å². The summed E-state index contributed by atoms with van der Waals surface area (Å²) in [5.41, 5.74) is 6.21. The summed E-state index contributed by atoms with van der Waals surface area (Å²) in [5.74, 6) is -0.479. The number of benzene rings is 1. The SMILES string of the molecule is Cc1ncc(-n2ccc(Oc3ccc(N)c(F)c3)n2)cc1F. The second-order valence-corrected chi connectivity index (χ2v) is 4.64. The summed E-state index contributed by atoms with van der Waals surface area (Å²) in [7, 11) is 0. The Kier molecular flexibility index (Phi) is 3.46. The van der Waals surface area contributed by atoms with Gasteiger partial charge in [-0.15, -0.1) is 5.10 Å². The lowest BCUT2D eigenvalue weighted by atomic mass is 10.3. The van der Waals surface area contributed by atoms with E-state index in [4.69, 9.17) is 10.5 Å². The van der Waals surface area contributed by atoms with Gasteiger partial charge in [-0.3, -0.25) is 4.98 Å². The molecule has 0 unspecified atom stereocenters. The molecule has 2 N–H and O–H groups in total. The molecule has 0 fully saturated rings. The van der Waals surface area contributed by atoms with Crippen molar-refractivity contribution in [3.63, 3.8) is 0 Å². The number of nitrogens with two attached hydrogens (primary N) is 1. The van der Waals surface area contributed by atoms with Crippen LogP contribution in [0.3, 0.4) is 0 Å². The number of rotatable bonds is 3. The molecule has 2 aromatic heterocycles. The van der Waals surface area contributed by atoms with Crippen LogP contribution in [0.25, 0.3) is 5.69 Å². The van der Waals surface area contributed by atoms with E-state index in [1.54, 1.807) is 19.2 Å². The molecular weight excluding hydrogens is 290 g/mol. The quantitative estimate of drug-likeness (QED) is 0.754. The summed E-state index contributed by atoms with van der Waals surface area (Å²) in [6, 6.07) is 7.00. The standard InChI is InChI=1S/C15H12F2N4O/c1-9-12(16)6-10(8-19-9)21-5-4-15(20-21)22-11-2-3-14(18)13(17)7-11/h2-8H,18H2,1H3. The van der Waals surface area contributed by atoms with Crippen LogP contribution in [-0.2, 0) is 0 Å². The molecule has 0 spiro atoms. The van der Waals surface area contributed by atoms with Gasteiger partial charge in [0.1, 0.15) is 17.4 Å². The molecule has 0 radical (unpaired) electrons. The normalized spacial score (nSPS) is 10.7. The number of hydrogen-bond donors (Lipinski definition) is 1. The molecule has 0 atom stereocenters. The number of pyridine rings is 1. The van der Waals surface area contributed by atoms with Crippen molar-refractivity contribution in [2.45, 2.75) is 6.92 Å². The fourth-order valence-electron chi connectivity index (χ4n) is 1.82. The number of halogens is 2. The zero-order chi connectivity index (χ0) is 15.7. The van der Waals surface area contributed by atoms with E-state index in [2.05, 4.69) is 10.1 Å². The summed E-state index contributed by atoms with van der Waals surface area (Å²) in [4.78, 5) is 3.93. The maximum Gasteiger partial charge on any atom is 0.238 e. The lowest BCUT2D eigenvalue weighted by Crippen LogP contribution is -1.99. The monoisotopic (exact) mass is 302 g/mol. The maximum absolute atomic E-state index is 13.5. The predicted octanol–water partition coefficient (Wildman–Crippen LogP) is 3.23. The fraction of sp³-hybridized carbons (Fsp3) is 0.0667. The van der Waals surface area contributed by atoms with E-state index in [9.17, 15) is 8.78 Å². The summed E-state index contributed by atoms with van der Waals surface area (Å²) in [6.07, 6.45) is 3.09. The molecule has 0 aliphatic heterocycles. The molecule has 3 rings (SSSR count).